The molecule has 1 aliphatic rings. The molecule has 6 nitrogen and oxygen atoms in total. The van der Waals surface area contributed by atoms with E-state index in [4.69, 9.17) is 11.6 Å². The summed E-state index contributed by atoms with van der Waals surface area (Å²) < 4.78 is 2.15. The average Bonchev–Trinajstić information content (AvgIpc) is 2.81. The molecular weight excluding hydrogens is 338 g/mol. The number of carbonyl (C=O) groups excluding carboxylic acids is 1. The number of rotatable bonds is 5. The second kappa shape index (κ2) is 7.97. The van der Waals surface area contributed by atoms with E-state index in [1.165, 1.54) is 6.42 Å². The molecule has 25 heavy (non-hydrogen) atoms. The van der Waals surface area contributed by atoms with Crippen molar-refractivity contribution >= 4 is 17.5 Å². The highest BCUT2D eigenvalue weighted by Gasteiger charge is 2.23. The van der Waals surface area contributed by atoms with E-state index in [-0.39, 0.29) is 11.9 Å². The first-order valence-corrected chi connectivity index (χ1v) is 9.04. The van der Waals surface area contributed by atoms with Gasteiger partial charge in [0.25, 0.3) is 0 Å². The standard InChI is InChI=1S/C18H24ClN5O/c1-23(2)17(13-7-9-14(19)10-8-13)18(25)20-12-16-22-21-15-6-4-3-5-11-24(15)16/h7-10,17H,3-6,11-12H2,1-2H3,(H,20,25)/t17-/m1/s1. The third-order valence-corrected chi connectivity index (χ3v) is 4.81. The highest BCUT2D eigenvalue weighted by atomic mass is 35.5. The Morgan fingerprint density at radius 1 is 1.24 bits per heavy atom. The zero-order chi connectivity index (χ0) is 17.8. The van der Waals surface area contributed by atoms with Crippen LogP contribution in [-0.4, -0.2) is 39.7 Å². The van der Waals surface area contributed by atoms with Gasteiger partial charge >= 0.3 is 0 Å². The number of likely N-dealkylation sites (N-methyl/N-ethyl adjacent to an activating group) is 1. The van der Waals surface area contributed by atoms with E-state index in [1.807, 2.05) is 31.1 Å². The lowest BCUT2D eigenvalue weighted by molar-refractivity contribution is -0.126. The minimum atomic E-state index is -0.371. The Labute approximate surface area is 153 Å². The molecule has 1 aliphatic heterocycles. The molecule has 0 radical (unpaired) electrons. The number of hydrogen-bond acceptors (Lipinski definition) is 4. The SMILES string of the molecule is CN(C)[C@@H](C(=O)NCc1nnc2n1CCCCC2)c1ccc(Cl)cc1. The van der Waals surface area contributed by atoms with Gasteiger partial charge < -0.3 is 9.88 Å². The molecule has 1 amide bonds. The van der Waals surface area contributed by atoms with Crippen molar-refractivity contribution in [2.75, 3.05) is 14.1 Å². The maximum atomic E-state index is 12.8. The first kappa shape index (κ1) is 17.9. The fourth-order valence-electron chi connectivity index (χ4n) is 3.27. The number of nitrogens with one attached hydrogen (secondary N) is 1. The predicted molar refractivity (Wildman–Crippen MR) is 97.3 cm³/mol. The van der Waals surface area contributed by atoms with Crippen LogP contribution in [0.5, 0.6) is 0 Å². The van der Waals surface area contributed by atoms with Crippen molar-refractivity contribution in [1.29, 1.82) is 0 Å². The van der Waals surface area contributed by atoms with Crippen LogP contribution in [0.2, 0.25) is 5.02 Å². The summed E-state index contributed by atoms with van der Waals surface area (Å²) in [6, 6.07) is 7.01. The van der Waals surface area contributed by atoms with E-state index < -0.39 is 0 Å². The maximum absolute atomic E-state index is 12.8. The summed E-state index contributed by atoms with van der Waals surface area (Å²) in [6.07, 6.45) is 4.47. The number of hydrogen-bond donors (Lipinski definition) is 1. The number of benzene rings is 1. The summed E-state index contributed by atoms with van der Waals surface area (Å²) in [5.41, 5.74) is 0.909. The van der Waals surface area contributed by atoms with Gasteiger partial charge in [0, 0.05) is 18.0 Å². The van der Waals surface area contributed by atoms with Gasteiger partial charge in [0.15, 0.2) is 5.82 Å². The van der Waals surface area contributed by atoms with E-state index >= 15 is 0 Å². The van der Waals surface area contributed by atoms with Crippen molar-refractivity contribution in [3.63, 3.8) is 0 Å². The minimum absolute atomic E-state index is 0.0571. The Bertz CT molecular complexity index is 726. The Balaban J connectivity index is 1.70. The lowest BCUT2D eigenvalue weighted by Gasteiger charge is -2.24. The smallest absolute Gasteiger partial charge is 0.242 e. The van der Waals surface area contributed by atoms with Gasteiger partial charge in [0.2, 0.25) is 5.91 Å². The van der Waals surface area contributed by atoms with Crippen molar-refractivity contribution in [3.8, 4) is 0 Å². The quantitative estimate of drug-likeness (QED) is 0.889. The van der Waals surface area contributed by atoms with Crippen LogP contribution in [0.25, 0.3) is 0 Å². The Morgan fingerprint density at radius 3 is 2.72 bits per heavy atom. The van der Waals surface area contributed by atoms with Crippen LogP contribution in [0.4, 0.5) is 0 Å². The van der Waals surface area contributed by atoms with Gasteiger partial charge in [0.05, 0.1) is 6.54 Å². The third kappa shape index (κ3) is 4.19. The second-order valence-corrected chi connectivity index (χ2v) is 7.07. The van der Waals surface area contributed by atoms with Crippen molar-refractivity contribution in [1.82, 2.24) is 25.0 Å². The van der Waals surface area contributed by atoms with E-state index in [0.717, 1.165) is 43.0 Å². The van der Waals surface area contributed by atoms with Crippen LogP contribution in [0.1, 0.15) is 42.5 Å². The molecule has 2 aromatic rings. The number of fused-ring (bicyclic) bond motifs is 1. The average molecular weight is 362 g/mol. The number of aryl methyl sites for hydroxylation is 1. The Hall–Kier alpha value is -1.92. The van der Waals surface area contributed by atoms with Crippen molar-refractivity contribution < 1.29 is 4.79 Å². The van der Waals surface area contributed by atoms with E-state index in [9.17, 15) is 4.79 Å². The highest BCUT2D eigenvalue weighted by molar-refractivity contribution is 6.30. The number of carbonyl (C=O) groups is 1. The lowest BCUT2D eigenvalue weighted by Crippen LogP contribution is -2.37. The molecule has 134 valence electrons. The highest BCUT2D eigenvalue weighted by Crippen LogP contribution is 2.21. The Kier molecular flexibility index (Phi) is 5.71. The summed E-state index contributed by atoms with van der Waals surface area (Å²) in [7, 11) is 3.78. The summed E-state index contributed by atoms with van der Waals surface area (Å²) in [5, 5.41) is 12.2. The largest absolute Gasteiger partial charge is 0.347 e. The maximum Gasteiger partial charge on any atom is 0.242 e. The normalized spacial score (nSPS) is 15.5. The van der Waals surface area contributed by atoms with Crippen molar-refractivity contribution in [2.24, 2.45) is 0 Å². The molecule has 1 aromatic heterocycles. The van der Waals surface area contributed by atoms with Crippen LogP contribution < -0.4 is 5.32 Å². The molecule has 0 saturated heterocycles. The van der Waals surface area contributed by atoms with Gasteiger partial charge in [-0.25, -0.2) is 0 Å². The van der Waals surface area contributed by atoms with Gasteiger partial charge in [-0.05, 0) is 44.6 Å². The molecule has 0 saturated carbocycles. The molecule has 1 N–H and O–H groups in total. The second-order valence-electron chi connectivity index (χ2n) is 6.63. The molecule has 1 aromatic carbocycles. The molecule has 3 rings (SSSR count). The molecule has 0 fully saturated rings. The number of amides is 1. The molecule has 0 aliphatic carbocycles. The van der Waals surface area contributed by atoms with E-state index in [0.29, 0.717) is 11.6 Å². The van der Waals surface area contributed by atoms with E-state index in [2.05, 4.69) is 20.1 Å². The van der Waals surface area contributed by atoms with E-state index in [1.54, 1.807) is 12.1 Å². The predicted octanol–water partition coefficient (Wildman–Crippen LogP) is 2.58. The molecule has 0 spiro atoms. The lowest BCUT2D eigenvalue weighted by atomic mass is 10.1. The first-order chi connectivity index (χ1) is 12.1. The van der Waals surface area contributed by atoms with Gasteiger partial charge in [-0.15, -0.1) is 10.2 Å². The molecule has 2 heterocycles. The van der Waals surface area contributed by atoms with Gasteiger partial charge in [-0.2, -0.15) is 0 Å². The fourth-order valence-corrected chi connectivity index (χ4v) is 3.39. The molecule has 0 unspecified atom stereocenters. The monoisotopic (exact) mass is 361 g/mol. The zero-order valence-corrected chi connectivity index (χ0v) is 15.5. The molecule has 1 atom stereocenters. The molecule has 7 heteroatoms. The van der Waals surface area contributed by atoms with Crippen LogP contribution in [0.15, 0.2) is 24.3 Å². The summed E-state index contributed by atoms with van der Waals surface area (Å²) in [5.74, 6) is 1.81. The summed E-state index contributed by atoms with van der Waals surface area (Å²) in [4.78, 5) is 14.6. The number of halogens is 1. The van der Waals surface area contributed by atoms with Gasteiger partial charge in [-0.1, -0.05) is 30.2 Å². The minimum Gasteiger partial charge on any atom is -0.347 e. The van der Waals surface area contributed by atoms with Crippen LogP contribution >= 0.6 is 11.6 Å². The summed E-state index contributed by atoms with van der Waals surface area (Å²) >= 11 is 5.95. The van der Waals surface area contributed by atoms with Crippen LogP contribution in [0.3, 0.4) is 0 Å². The first-order valence-electron chi connectivity index (χ1n) is 8.67. The topological polar surface area (TPSA) is 63.1 Å². The zero-order valence-electron chi connectivity index (χ0n) is 14.7. The Morgan fingerprint density at radius 2 is 2.00 bits per heavy atom. The van der Waals surface area contributed by atoms with Gasteiger partial charge in [-0.3, -0.25) is 9.69 Å². The number of aromatic nitrogens is 3. The molecule has 0 bridgehead atoms. The third-order valence-electron chi connectivity index (χ3n) is 4.56. The number of nitrogens with zero attached hydrogens (tertiary/aromatic N) is 4. The summed E-state index contributed by atoms with van der Waals surface area (Å²) in [6.45, 7) is 1.32. The van der Waals surface area contributed by atoms with Crippen molar-refractivity contribution in [2.45, 2.75) is 44.8 Å². The van der Waals surface area contributed by atoms with Crippen LogP contribution in [-0.2, 0) is 24.3 Å². The van der Waals surface area contributed by atoms with Crippen molar-refractivity contribution in [3.05, 3.63) is 46.5 Å². The fraction of sp³-hybridized carbons (Fsp3) is 0.500. The van der Waals surface area contributed by atoms with Crippen LogP contribution in [0, 0.1) is 0 Å². The molecular formula is C18H24ClN5O. The van der Waals surface area contributed by atoms with Gasteiger partial charge in [0.1, 0.15) is 11.9 Å².